The van der Waals surface area contributed by atoms with Crippen molar-refractivity contribution in [3.05, 3.63) is 80.6 Å². The lowest BCUT2D eigenvalue weighted by atomic mass is 10.1. The minimum atomic E-state index is -0.0219. The average Bonchev–Trinajstić information content (AvgIpc) is 3.07. The van der Waals surface area contributed by atoms with E-state index in [1.807, 2.05) is 32.0 Å². The van der Waals surface area contributed by atoms with E-state index < -0.39 is 0 Å². The van der Waals surface area contributed by atoms with Gasteiger partial charge in [-0.05, 0) is 49.7 Å². The van der Waals surface area contributed by atoms with Gasteiger partial charge in [-0.2, -0.15) is 10.4 Å². The molecule has 3 rings (SSSR count). The summed E-state index contributed by atoms with van der Waals surface area (Å²) in [7, 11) is 1.61. The summed E-state index contributed by atoms with van der Waals surface area (Å²) in [6, 6.07) is 14.7. The maximum Gasteiger partial charge on any atom is 0.227 e. The molecule has 0 fully saturated rings. The molecule has 2 aromatic carbocycles. The van der Waals surface area contributed by atoms with Crippen molar-refractivity contribution in [2.75, 3.05) is 20.3 Å². The zero-order valence-electron chi connectivity index (χ0n) is 18.2. The van der Waals surface area contributed by atoms with Crippen LogP contribution in [0.1, 0.15) is 28.1 Å². The van der Waals surface area contributed by atoms with E-state index in [0.29, 0.717) is 35.3 Å². The fraction of sp³-hybridized carbons (Fsp3) is 0.292. The molecular weight excluding hydrogens is 447 g/mol. The number of halogens is 2. The van der Waals surface area contributed by atoms with E-state index in [1.54, 1.807) is 41.0 Å². The highest BCUT2D eigenvalue weighted by Gasteiger charge is 2.20. The summed E-state index contributed by atoms with van der Waals surface area (Å²) in [4.78, 5) is 15.0. The van der Waals surface area contributed by atoms with E-state index in [9.17, 15) is 4.79 Å². The number of hydrogen-bond donors (Lipinski definition) is 0. The second-order valence-corrected chi connectivity index (χ2v) is 8.27. The molecule has 32 heavy (non-hydrogen) atoms. The van der Waals surface area contributed by atoms with Crippen LogP contribution in [0.4, 0.5) is 0 Å². The van der Waals surface area contributed by atoms with E-state index in [-0.39, 0.29) is 12.3 Å². The number of benzene rings is 2. The highest BCUT2D eigenvalue weighted by molar-refractivity contribution is 6.42. The number of hydrogen-bond acceptors (Lipinski definition) is 4. The molecule has 0 spiro atoms. The van der Waals surface area contributed by atoms with Crippen LogP contribution in [0.2, 0.25) is 10.0 Å². The van der Waals surface area contributed by atoms with Crippen molar-refractivity contribution in [3.63, 3.8) is 0 Å². The number of methoxy groups -OCH3 is 1. The lowest BCUT2D eigenvalue weighted by Gasteiger charge is -2.23. The van der Waals surface area contributed by atoms with Crippen LogP contribution in [-0.4, -0.2) is 40.8 Å². The van der Waals surface area contributed by atoms with Crippen molar-refractivity contribution < 1.29 is 9.53 Å². The Hall–Kier alpha value is -2.85. The predicted octanol–water partition coefficient (Wildman–Crippen LogP) is 4.89. The SMILES string of the molecule is COCCN(Cc1ccc(C#N)cc1)C(=O)Cc1c(C)nn(-c2ccc(Cl)c(Cl)c2)c1C. The number of amides is 1. The molecule has 0 unspecified atom stereocenters. The summed E-state index contributed by atoms with van der Waals surface area (Å²) in [5, 5.41) is 14.5. The normalized spacial score (nSPS) is 10.8. The number of rotatable bonds is 8. The summed E-state index contributed by atoms with van der Waals surface area (Å²) in [5.74, 6) is -0.0219. The van der Waals surface area contributed by atoms with E-state index in [0.717, 1.165) is 28.2 Å². The largest absolute Gasteiger partial charge is 0.383 e. The topological polar surface area (TPSA) is 71.2 Å². The smallest absolute Gasteiger partial charge is 0.227 e. The standard InChI is InChI=1S/C24H24Cl2N4O2/c1-16-21(17(2)30(28-16)20-8-9-22(25)23(26)12-20)13-24(31)29(10-11-32-3)15-19-6-4-18(14-27)5-7-19/h4-9,12H,10-11,13,15H2,1-3H3. The maximum absolute atomic E-state index is 13.2. The predicted molar refractivity (Wildman–Crippen MR) is 125 cm³/mol. The van der Waals surface area contributed by atoms with E-state index in [1.165, 1.54) is 0 Å². The van der Waals surface area contributed by atoms with Crippen molar-refractivity contribution in [2.45, 2.75) is 26.8 Å². The van der Waals surface area contributed by atoms with Crippen LogP contribution in [0.15, 0.2) is 42.5 Å². The van der Waals surface area contributed by atoms with Crippen LogP contribution in [0.3, 0.4) is 0 Å². The number of nitrogens with zero attached hydrogens (tertiary/aromatic N) is 4. The maximum atomic E-state index is 13.2. The first kappa shape index (κ1) is 23.8. The third kappa shape index (κ3) is 5.49. The summed E-state index contributed by atoms with van der Waals surface area (Å²) < 4.78 is 6.98. The Morgan fingerprint density at radius 3 is 2.50 bits per heavy atom. The molecule has 0 aliphatic rings. The van der Waals surface area contributed by atoms with Crippen molar-refractivity contribution in [1.82, 2.24) is 14.7 Å². The molecular formula is C24H24Cl2N4O2. The van der Waals surface area contributed by atoms with Crippen LogP contribution >= 0.6 is 23.2 Å². The molecule has 0 aliphatic carbocycles. The molecule has 0 atom stereocenters. The van der Waals surface area contributed by atoms with Gasteiger partial charge in [0.25, 0.3) is 0 Å². The number of carbonyl (C=O) groups is 1. The monoisotopic (exact) mass is 470 g/mol. The molecule has 0 saturated heterocycles. The molecule has 1 aromatic heterocycles. The second-order valence-electron chi connectivity index (χ2n) is 7.45. The van der Waals surface area contributed by atoms with Gasteiger partial charge in [0.1, 0.15) is 0 Å². The van der Waals surface area contributed by atoms with Gasteiger partial charge < -0.3 is 9.64 Å². The minimum Gasteiger partial charge on any atom is -0.383 e. The third-order valence-electron chi connectivity index (χ3n) is 5.29. The Balaban J connectivity index is 1.82. The number of nitriles is 1. The molecule has 0 N–H and O–H groups in total. The summed E-state index contributed by atoms with van der Waals surface area (Å²) in [6.45, 7) is 5.17. The van der Waals surface area contributed by atoms with Crippen LogP contribution in [0, 0.1) is 25.2 Å². The zero-order valence-corrected chi connectivity index (χ0v) is 19.7. The molecule has 6 nitrogen and oxygen atoms in total. The molecule has 166 valence electrons. The van der Waals surface area contributed by atoms with E-state index in [4.69, 9.17) is 33.2 Å². The first-order valence-electron chi connectivity index (χ1n) is 10.1. The lowest BCUT2D eigenvalue weighted by molar-refractivity contribution is -0.131. The lowest BCUT2D eigenvalue weighted by Crippen LogP contribution is -2.34. The van der Waals surface area contributed by atoms with Crippen molar-refractivity contribution in [1.29, 1.82) is 5.26 Å². The van der Waals surface area contributed by atoms with Crippen LogP contribution < -0.4 is 0 Å². The zero-order chi connectivity index (χ0) is 23.3. The van der Waals surface area contributed by atoms with Gasteiger partial charge in [-0.15, -0.1) is 0 Å². The van der Waals surface area contributed by atoms with Gasteiger partial charge in [0.05, 0.1) is 46.1 Å². The molecule has 1 heterocycles. The van der Waals surface area contributed by atoms with Crippen molar-refractivity contribution in [2.24, 2.45) is 0 Å². The Morgan fingerprint density at radius 1 is 1.16 bits per heavy atom. The number of aryl methyl sites for hydroxylation is 1. The Kier molecular flexibility index (Phi) is 7.92. The average molecular weight is 471 g/mol. The Bertz CT molecular complexity index is 1150. The molecule has 0 bridgehead atoms. The molecule has 0 radical (unpaired) electrons. The highest BCUT2D eigenvalue weighted by atomic mass is 35.5. The van der Waals surface area contributed by atoms with Gasteiger partial charge in [0, 0.05) is 31.5 Å². The van der Waals surface area contributed by atoms with Gasteiger partial charge in [0.15, 0.2) is 0 Å². The van der Waals surface area contributed by atoms with Crippen molar-refractivity contribution >= 4 is 29.1 Å². The van der Waals surface area contributed by atoms with Gasteiger partial charge in [-0.1, -0.05) is 35.3 Å². The Labute approximate surface area is 197 Å². The second kappa shape index (κ2) is 10.6. The van der Waals surface area contributed by atoms with Crippen molar-refractivity contribution in [3.8, 4) is 11.8 Å². The van der Waals surface area contributed by atoms with Crippen LogP contribution in [-0.2, 0) is 22.5 Å². The minimum absolute atomic E-state index is 0.0219. The quantitative estimate of drug-likeness (QED) is 0.469. The Morgan fingerprint density at radius 2 is 1.88 bits per heavy atom. The number of aromatic nitrogens is 2. The van der Waals surface area contributed by atoms with Gasteiger partial charge in [-0.25, -0.2) is 4.68 Å². The molecule has 0 saturated carbocycles. The summed E-state index contributed by atoms with van der Waals surface area (Å²) in [6.07, 6.45) is 0.221. The summed E-state index contributed by atoms with van der Waals surface area (Å²) >= 11 is 12.2. The first-order valence-corrected chi connectivity index (χ1v) is 10.9. The first-order chi connectivity index (χ1) is 15.3. The van der Waals surface area contributed by atoms with Gasteiger partial charge in [0.2, 0.25) is 5.91 Å². The highest BCUT2D eigenvalue weighted by Crippen LogP contribution is 2.26. The molecule has 8 heteroatoms. The van der Waals surface area contributed by atoms with Crippen LogP contribution in [0.5, 0.6) is 0 Å². The fourth-order valence-electron chi connectivity index (χ4n) is 3.46. The summed E-state index contributed by atoms with van der Waals surface area (Å²) in [5.41, 5.74) is 4.86. The third-order valence-corrected chi connectivity index (χ3v) is 6.03. The van der Waals surface area contributed by atoms with E-state index >= 15 is 0 Å². The molecule has 0 aliphatic heterocycles. The molecule has 1 amide bonds. The van der Waals surface area contributed by atoms with Gasteiger partial charge >= 0.3 is 0 Å². The van der Waals surface area contributed by atoms with Crippen LogP contribution in [0.25, 0.3) is 5.69 Å². The molecule has 3 aromatic rings. The number of ether oxygens (including phenoxy) is 1. The fourth-order valence-corrected chi connectivity index (χ4v) is 3.75. The van der Waals surface area contributed by atoms with Gasteiger partial charge in [-0.3, -0.25) is 4.79 Å². The number of carbonyl (C=O) groups excluding carboxylic acids is 1. The van der Waals surface area contributed by atoms with E-state index in [2.05, 4.69) is 11.2 Å².